The molecule has 1 nitrogen and oxygen atoms in total. The molecule has 0 fully saturated rings. The van der Waals surface area contributed by atoms with E-state index in [1.807, 2.05) is 49.4 Å². The molecule has 1 radical (unpaired) electrons. The molecule has 0 aliphatic heterocycles. The van der Waals surface area contributed by atoms with Gasteiger partial charge in [-0.15, -0.1) is 0 Å². The predicted molar refractivity (Wildman–Crippen MR) is 78.7 cm³/mol. The summed E-state index contributed by atoms with van der Waals surface area (Å²) < 4.78 is 0. The van der Waals surface area contributed by atoms with Crippen molar-refractivity contribution in [2.75, 3.05) is 0 Å². The van der Waals surface area contributed by atoms with Gasteiger partial charge in [-0.1, -0.05) is 6.20 Å². The topological polar surface area (TPSA) is 12.9 Å². The van der Waals surface area contributed by atoms with Crippen LogP contribution in [0.3, 0.4) is 0 Å². The van der Waals surface area contributed by atoms with Crippen LogP contribution >= 0.6 is 0 Å². The summed E-state index contributed by atoms with van der Waals surface area (Å²) in [5.41, 5.74) is 1.04. The van der Waals surface area contributed by atoms with E-state index in [0.29, 0.717) is 0 Å². The summed E-state index contributed by atoms with van der Waals surface area (Å²) in [5, 5.41) is 0. The van der Waals surface area contributed by atoms with Gasteiger partial charge in [0.05, 0.1) is 0 Å². The van der Waals surface area contributed by atoms with Gasteiger partial charge < -0.3 is 34.7 Å². The molecule has 0 atom stereocenters. The van der Waals surface area contributed by atoms with Crippen LogP contribution in [-0.2, 0) is 243 Å². The molecule has 2 rings (SSSR count). The first-order valence-corrected chi connectivity index (χ1v) is 4.09. The average molecular weight is 2160 g/mol. The van der Waals surface area contributed by atoms with Crippen LogP contribution < -0.4 is 0 Å². The second kappa shape index (κ2) is 84.3. The zero-order valence-electron chi connectivity index (χ0n) is 16.2. The third-order valence-corrected chi connectivity index (χ3v) is 1.37. The molecule has 1 heterocycles. The van der Waals surface area contributed by atoms with E-state index in [1.54, 1.807) is 6.20 Å². The minimum atomic E-state index is 0. The minimum Gasteiger partial charge on any atom is -0.358 e. The molecule has 0 aliphatic carbocycles. The van der Waals surface area contributed by atoms with E-state index in [4.69, 9.17) is 0 Å². The summed E-state index contributed by atoms with van der Waals surface area (Å²) in [6.07, 6.45) is 1.66. The molecule has 0 unspecified atom stereocenters. The van der Waals surface area contributed by atoms with Gasteiger partial charge in [0.15, 0.2) is 0 Å². The first kappa shape index (κ1) is 102. The number of hydrogen-bond donors (Lipinski definition) is 0. The maximum Gasteiger partial charge on any atom is 0 e. The Bertz CT molecular complexity index is 308. The fraction of sp³-hybridized carbons (Fsp3) is 0.0625. The first-order chi connectivity index (χ1) is 6.39. The molecule has 0 saturated carbocycles. The smallest absolute Gasteiger partial charge is 0 e. The van der Waals surface area contributed by atoms with Crippen molar-refractivity contribution in [3.05, 3.63) is 96.2 Å². The van der Waals surface area contributed by atoms with Crippen molar-refractivity contribution >= 4 is 0 Å². The Morgan fingerprint density at radius 2 is 0.929 bits per heavy atom. The Labute approximate surface area is 344 Å². The summed E-state index contributed by atoms with van der Waals surface area (Å²) >= 11 is 0. The molecule has 0 saturated heterocycles. The fourth-order valence-electron chi connectivity index (χ4n) is 0.736. The van der Waals surface area contributed by atoms with E-state index >= 15 is 0 Å². The molecule has 12 heteroatoms. The third-order valence-electron chi connectivity index (χ3n) is 1.37. The van der Waals surface area contributed by atoms with Gasteiger partial charge in [-0.3, -0.25) is 0 Å². The zero-order chi connectivity index (χ0) is 9.36. The molecule has 161 valence electrons. The maximum absolute atomic E-state index is 3.92. The molecule has 0 aliphatic rings. The fourth-order valence-corrected chi connectivity index (χ4v) is 0.736. The predicted octanol–water partition coefficient (Wildman–Crippen LogP) is 4.45. The Kier molecular flexibility index (Phi) is 307. The number of pyridine rings is 1. The molecule has 0 bridgehead atoms. The maximum atomic E-state index is 3.92. The van der Waals surface area contributed by atoms with Crippen molar-refractivity contribution < 1.29 is 243 Å². The van der Waals surface area contributed by atoms with Crippen LogP contribution in [0.1, 0.15) is 5.69 Å². The molecular formula is C16H23NW10Y-6. The van der Waals surface area contributed by atoms with Crippen molar-refractivity contribution in [1.29, 1.82) is 0 Å². The van der Waals surface area contributed by atoms with Crippen molar-refractivity contribution in [1.82, 2.24) is 4.98 Å². The van der Waals surface area contributed by atoms with E-state index in [-0.39, 0.29) is 273 Å². The van der Waals surface area contributed by atoms with Gasteiger partial charge >= 0.3 is 0 Å². The molecule has 2 aromatic rings. The first-order valence-electron chi connectivity index (χ1n) is 4.09. The van der Waals surface area contributed by atoms with Crippen molar-refractivity contribution in [3.63, 3.8) is 0 Å². The average Bonchev–Trinajstić information content (AvgIpc) is 2.22. The largest absolute Gasteiger partial charge is 0.358 e. The van der Waals surface area contributed by atoms with Crippen molar-refractivity contribution in [2.45, 2.75) is 6.92 Å². The molecular weight excluding hydrogens is 2130 g/mol. The summed E-state index contributed by atoms with van der Waals surface area (Å²) in [4.78, 5) is 3.92. The summed E-state index contributed by atoms with van der Waals surface area (Å²) in [6.45, 7) is 1.95. The Balaban J connectivity index is -0.00000000606. The summed E-state index contributed by atoms with van der Waals surface area (Å²) in [7, 11) is 0. The Hall–Kier alpha value is 6.36. The Morgan fingerprint density at radius 3 is 1.04 bits per heavy atom. The quantitative estimate of drug-likeness (QED) is 0.356. The van der Waals surface area contributed by atoms with E-state index < -0.39 is 0 Å². The van der Waals surface area contributed by atoms with Gasteiger partial charge in [0.2, 0.25) is 0 Å². The van der Waals surface area contributed by atoms with Crippen LogP contribution in [0.2, 0.25) is 0 Å². The van der Waals surface area contributed by atoms with Crippen LogP contribution in [0.15, 0.2) is 48.7 Å². The number of aromatic nitrogens is 1. The SMILES string of the molecule is Cc1cc[c-]cn1.[CH3-].[CH3-].[CH3-].[CH3-].[W].[W].[W].[W].[W].[W].[W].[W].[W].[W].[Y].[c-]1ccccc1. The van der Waals surface area contributed by atoms with Crippen LogP contribution in [-0.4, -0.2) is 4.98 Å². The van der Waals surface area contributed by atoms with Gasteiger partial charge in [-0.25, -0.2) is 12.1 Å². The third kappa shape index (κ3) is 76.8. The number of aryl methyl sites for hydroxylation is 1. The molecule has 0 N–H and O–H groups in total. The van der Waals surface area contributed by atoms with Crippen LogP contribution in [0.5, 0.6) is 0 Å². The number of rotatable bonds is 0. The van der Waals surface area contributed by atoms with Gasteiger partial charge in [0.1, 0.15) is 0 Å². The zero-order valence-corrected chi connectivity index (χ0v) is 48.4. The van der Waals surface area contributed by atoms with E-state index in [1.165, 1.54) is 0 Å². The van der Waals surface area contributed by atoms with E-state index in [0.717, 1.165) is 5.69 Å². The van der Waals surface area contributed by atoms with Crippen molar-refractivity contribution in [3.8, 4) is 0 Å². The van der Waals surface area contributed by atoms with Crippen LogP contribution in [0, 0.1) is 48.8 Å². The van der Waals surface area contributed by atoms with E-state index in [2.05, 4.69) is 17.1 Å². The normalized spacial score (nSPS) is 3.89. The summed E-state index contributed by atoms with van der Waals surface area (Å²) in [6, 6.07) is 19.1. The summed E-state index contributed by atoms with van der Waals surface area (Å²) in [5.74, 6) is 0. The molecule has 1 aromatic carbocycles. The molecule has 1 aromatic heterocycles. The molecule has 0 amide bonds. The number of benzene rings is 1. The standard InChI is InChI=1S/C6H6N.C6H5.4CH3.10W.Y/c1-6-4-2-3-5-7-6;1-2-4-6-5-3-1;;;;;;;;;;;;;;;/h2,4-5H,1H3;1-5H;4*1H3;;;;;;;;;;;/q6*-1;;;;;;;;;;;. The van der Waals surface area contributed by atoms with Crippen LogP contribution in [0.4, 0.5) is 0 Å². The second-order valence-electron chi connectivity index (χ2n) is 2.48. The number of hydrogen-bond acceptors (Lipinski definition) is 1. The van der Waals surface area contributed by atoms with Gasteiger partial charge in [-0.2, -0.15) is 42.5 Å². The van der Waals surface area contributed by atoms with Gasteiger partial charge in [0, 0.05) is 243 Å². The van der Waals surface area contributed by atoms with Crippen LogP contribution in [0.25, 0.3) is 0 Å². The van der Waals surface area contributed by atoms with E-state index in [9.17, 15) is 0 Å². The number of nitrogens with zero attached hydrogens (tertiary/aromatic N) is 1. The minimum absolute atomic E-state index is 0. The molecule has 0 spiro atoms. The molecule has 28 heavy (non-hydrogen) atoms. The van der Waals surface area contributed by atoms with Gasteiger partial charge in [0.25, 0.3) is 0 Å². The second-order valence-corrected chi connectivity index (χ2v) is 2.48. The van der Waals surface area contributed by atoms with Gasteiger partial charge in [-0.05, 0) is 12.6 Å². The Morgan fingerprint density at radius 1 is 0.571 bits per heavy atom. The monoisotopic (exact) mass is 2160 g/mol. The van der Waals surface area contributed by atoms with Crippen molar-refractivity contribution in [2.24, 2.45) is 0 Å².